The summed E-state index contributed by atoms with van der Waals surface area (Å²) in [6, 6.07) is 8.74. The Labute approximate surface area is 115 Å². The van der Waals surface area contributed by atoms with Crippen molar-refractivity contribution < 1.29 is 4.74 Å². The summed E-state index contributed by atoms with van der Waals surface area (Å²) in [7, 11) is 1.69. The summed E-state index contributed by atoms with van der Waals surface area (Å²) in [5.41, 5.74) is 1.98. The van der Waals surface area contributed by atoms with Crippen molar-refractivity contribution in [1.82, 2.24) is 4.90 Å². The Balaban J connectivity index is 2.53. The van der Waals surface area contributed by atoms with Gasteiger partial charge in [0.15, 0.2) is 0 Å². The van der Waals surface area contributed by atoms with E-state index in [0.717, 1.165) is 38.1 Å². The molecule has 3 heteroatoms. The fraction of sp³-hybridized carbons (Fsp3) is 0.562. The molecular formula is C16H22N2O. The van der Waals surface area contributed by atoms with Gasteiger partial charge in [-0.15, -0.1) is 0 Å². The van der Waals surface area contributed by atoms with Crippen LogP contribution in [0.4, 0.5) is 0 Å². The Morgan fingerprint density at radius 1 is 1.37 bits per heavy atom. The first kappa shape index (κ1) is 13.9. The van der Waals surface area contributed by atoms with Gasteiger partial charge in [-0.3, -0.25) is 4.90 Å². The first-order valence-electron chi connectivity index (χ1n) is 7.05. The molecule has 0 radical (unpaired) electrons. The summed E-state index contributed by atoms with van der Waals surface area (Å²) < 4.78 is 5.30. The molecule has 19 heavy (non-hydrogen) atoms. The molecule has 1 aromatic carbocycles. The van der Waals surface area contributed by atoms with E-state index >= 15 is 0 Å². The lowest BCUT2D eigenvalue weighted by Gasteiger charge is -2.41. The van der Waals surface area contributed by atoms with E-state index in [2.05, 4.69) is 36.9 Å². The number of hydrogen-bond donors (Lipinski definition) is 0. The van der Waals surface area contributed by atoms with E-state index < -0.39 is 5.54 Å². The van der Waals surface area contributed by atoms with Crippen molar-refractivity contribution in [2.24, 2.45) is 0 Å². The molecule has 1 aromatic rings. The minimum absolute atomic E-state index is 0.455. The Morgan fingerprint density at radius 3 is 2.68 bits per heavy atom. The van der Waals surface area contributed by atoms with Crippen molar-refractivity contribution in [3.05, 3.63) is 29.3 Å². The number of nitrogens with zero attached hydrogens (tertiary/aromatic N) is 2. The van der Waals surface area contributed by atoms with Gasteiger partial charge >= 0.3 is 0 Å². The normalized spacial score (nSPS) is 21.8. The number of benzene rings is 1. The summed E-state index contributed by atoms with van der Waals surface area (Å²) in [5, 5.41) is 9.82. The predicted octanol–water partition coefficient (Wildman–Crippen LogP) is 3.09. The van der Waals surface area contributed by atoms with Crippen LogP contribution in [-0.4, -0.2) is 25.1 Å². The first-order chi connectivity index (χ1) is 9.21. The van der Waals surface area contributed by atoms with E-state index in [0.29, 0.717) is 0 Å². The van der Waals surface area contributed by atoms with Gasteiger partial charge in [0.25, 0.3) is 0 Å². The minimum Gasteiger partial charge on any atom is -0.497 e. The summed E-state index contributed by atoms with van der Waals surface area (Å²) in [6.07, 6.45) is 3.02. The Kier molecular flexibility index (Phi) is 4.11. The molecule has 0 heterocycles. The fourth-order valence-corrected chi connectivity index (χ4v) is 3.26. The highest BCUT2D eigenvalue weighted by atomic mass is 16.5. The highest BCUT2D eigenvalue weighted by molar-refractivity contribution is 5.45. The molecule has 0 saturated heterocycles. The zero-order chi connectivity index (χ0) is 13.9. The van der Waals surface area contributed by atoms with Crippen LogP contribution in [0.3, 0.4) is 0 Å². The number of nitriles is 1. The molecule has 1 aliphatic rings. The molecule has 0 N–H and O–H groups in total. The third-order valence-electron chi connectivity index (χ3n) is 4.23. The van der Waals surface area contributed by atoms with Crippen LogP contribution in [-0.2, 0) is 12.0 Å². The van der Waals surface area contributed by atoms with Crippen molar-refractivity contribution in [3.63, 3.8) is 0 Å². The van der Waals surface area contributed by atoms with Crippen molar-refractivity contribution >= 4 is 0 Å². The maximum atomic E-state index is 9.82. The second-order valence-electron chi connectivity index (χ2n) is 5.02. The van der Waals surface area contributed by atoms with E-state index in [1.165, 1.54) is 11.1 Å². The third-order valence-corrected chi connectivity index (χ3v) is 4.23. The molecule has 0 amide bonds. The average Bonchev–Trinajstić information content (AvgIpc) is 2.47. The lowest BCUT2D eigenvalue weighted by Crippen LogP contribution is -2.47. The van der Waals surface area contributed by atoms with Crippen LogP contribution < -0.4 is 4.74 Å². The van der Waals surface area contributed by atoms with Crippen molar-refractivity contribution in [2.45, 2.75) is 38.6 Å². The second kappa shape index (κ2) is 5.63. The van der Waals surface area contributed by atoms with E-state index in [-0.39, 0.29) is 0 Å². The predicted molar refractivity (Wildman–Crippen MR) is 76.1 cm³/mol. The second-order valence-corrected chi connectivity index (χ2v) is 5.02. The number of fused-ring (bicyclic) bond motifs is 1. The van der Waals surface area contributed by atoms with Crippen molar-refractivity contribution in [2.75, 3.05) is 20.2 Å². The monoisotopic (exact) mass is 258 g/mol. The number of methoxy groups -OCH3 is 1. The molecule has 0 spiro atoms. The number of ether oxygens (including phenoxy) is 1. The number of hydrogen-bond acceptors (Lipinski definition) is 3. The van der Waals surface area contributed by atoms with Crippen molar-refractivity contribution in [3.8, 4) is 11.8 Å². The fourth-order valence-electron chi connectivity index (χ4n) is 3.26. The summed E-state index contributed by atoms with van der Waals surface area (Å²) in [6.45, 7) is 6.05. The van der Waals surface area contributed by atoms with Crippen molar-refractivity contribution in [1.29, 1.82) is 5.26 Å². The standard InChI is InChI=1S/C16H22N2O/c1-4-18(5-2)16(12-17)10-6-7-13-11-14(19-3)8-9-15(13)16/h8-9,11H,4-7,10H2,1-3H3. The third kappa shape index (κ3) is 2.21. The van der Waals surface area contributed by atoms with Gasteiger partial charge in [0.1, 0.15) is 11.3 Å². The molecule has 0 aromatic heterocycles. The molecule has 2 rings (SSSR count). The van der Waals surface area contributed by atoms with Crippen LogP contribution in [0.2, 0.25) is 0 Å². The average molecular weight is 258 g/mol. The summed E-state index contributed by atoms with van der Waals surface area (Å²) in [4.78, 5) is 2.28. The maximum Gasteiger partial charge on any atom is 0.135 e. The zero-order valence-corrected chi connectivity index (χ0v) is 12.1. The van der Waals surface area contributed by atoms with Gasteiger partial charge in [-0.1, -0.05) is 19.9 Å². The van der Waals surface area contributed by atoms with Crippen LogP contribution in [0.15, 0.2) is 18.2 Å². The van der Waals surface area contributed by atoms with E-state index in [1.807, 2.05) is 6.07 Å². The van der Waals surface area contributed by atoms with E-state index in [4.69, 9.17) is 4.74 Å². The SMILES string of the molecule is CCN(CC)C1(C#N)CCCc2cc(OC)ccc21. The Hall–Kier alpha value is -1.53. The molecule has 102 valence electrons. The van der Waals surface area contributed by atoms with Crippen LogP contribution in [0, 0.1) is 11.3 Å². The van der Waals surface area contributed by atoms with E-state index in [9.17, 15) is 5.26 Å². The van der Waals surface area contributed by atoms with Crippen LogP contribution in [0.25, 0.3) is 0 Å². The van der Waals surface area contributed by atoms with Gasteiger partial charge in [-0.25, -0.2) is 0 Å². The molecule has 1 unspecified atom stereocenters. The quantitative estimate of drug-likeness (QED) is 0.832. The summed E-state index contributed by atoms with van der Waals surface area (Å²) >= 11 is 0. The van der Waals surface area contributed by atoms with Gasteiger partial charge in [0.2, 0.25) is 0 Å². The van der Waals surface area contributed by atoms with Crippen LogP contribution in [0.1, 0.15) is 37.8 Å². The Morgan fingerprint density at radius 2 is 2.11 bits per heavy atom. The molecule has 0 bridgehead atoms. The lowest BCUT2D eigenvalue weighted by molar-refractivity contribution is 0.132. The molecule has 0 aliphatic heterocycles. The summed E-state index contributed by atoms with van der Waals surface area (Å²) in [5.74, 6) is 0.882. The Bertz CT molecular complexity index is 488. The van der Waals surface area contributed by atoms with Gasteiger partial charge in [-0.2, -0.15) is 5.26 Å². The zero-order valence-electron chi connectivity index (χ0n) is 12.1. The number of rotatable bonds is 4. The van der Waals surface area contributed by atoms with Crippen LogP contribution >= 0.6 is 0 Å². The molecule has 1 aliphatic carbocycles. The van der Waals surface area contributed by atoms with Gasteiger partial charge in [0.05, 0.1) is 13.2 Å². The molecule has 0 fully saturated rings. The van der Waals surface area contributed by atoms with Crippen LogP contribution in [0.5, 0.6) is 5.75 Å². The van der Waals surface area contributed by atoms with E-state index in [1.54, 1.807) is 7.11 Å². The first-order valence-corrected chi connectivity index (χ1v) is 7.05. The largest absolute Gasteiger partial charge is 0.497 e. The van der Waals surface area contributed by atoms with Gasteiger partial charge < -0.3 is 4.74 Å². The number of aryl methyl sites for hydroxylation is 1. The maximum absolute atomic E-state index is 9.82. The molecular weight excluding hydrogens is 236 g/mol. The van der Waals surface area contributed by atoms with Gasteiger partial charge in [0, 0.05) is 0 Å². The minimum atomic E-state index is -0.455. The highest BCUT2D eigenvalue weighted by Gasteiger charge is 2.41. The molecule has 1 atom stereocenters. The lowest BCUT2D eigenvalue weighted by atomic mass is 9.76. The smallest absolute Gasteiger partial charge is 0.135 e. The van der Waals surface area contributed by atoms with Gasteiger partial charge in [-0.05, 0) is 55.6 Å². The molecule has 3 nitrogen and oxygen atoms in total. The molecule has 0 saturated carbocycles. The highest BCUT2D eigenvalue weighted by Crippen LogP contribution is 2.40. The topological polar surface area (TPSA) is 36.3 Å².